The summed E-state index contributed by atoms with van der Waals surface area (Å²) in [5.41, 5.74) is 1.01. The molecule has 1 heterocycles. The fourth-order valence-corrected chi connectivity index (χ4v) is 2.04. The van der Waals surface area contributed by atoms with Gasteiger partial charge in [-0.15, -0.1) is 0 Å². The van der Waals surface area contributed by atoms with Crippen molar-refractivity contribution in [3.63, 3.8) is 0 Å². The zero-order valence-electron chi connectivity index (χ0n) is 9.36. The standard InChI is InChI=1S/C12H17FN2O/c1-9-6-14-11(8-16)7-15(9)12-4-2-10(13)3-5-12/h2-5,9,11,14,16H,6-8H2,1H3. The second-order valence-electron chi connectivity index (χ2n) is 4.27. The summed E-state index contributed by atoms with van der Waals surface area (Å²) in [7, 11) is 0. The number of rotatable bonds is 2. The van der Waals surface area contributed by atoms with Crippen molar-refractivity contribution in [2.75, 3.05) is 24.6 Å². The highest BCUT2D eigenvalue weighted by molar-refractivity contribution is 5.48. The van der Waals surface area contributed by atoms with Crippen molar-refractivity contribution in [3.05, 3.63) is 30.1 Å². The van der Waals surface area contributed by atoms with Crippen LogP contribution in [0, 0.1) is 5.82 Å². The first kappa shape index (κ1) is 11.4. The first-order chi connectivity index (χ1) is 7.70. The Morgan fingerprint density at radius 1 is 1.44 bits per heavy atom. The maximum Gasteiger partial charge on any atom is 0.123 e. The molecule has 0 bridgehead atoms. The molecular weight excluding hydrogens is 207 g/mol. The smallest absolute Gasteiger partial charge is 0.123 e. The number of halogens is 1. The maximum absolute atomic E-state index is 12.8. The van der Waals surface area contributed by atoms with Gasteiger partial charge in [0.15, 0.2) is 0 Å². The Bertz CT molecular complexity index is 341. The van der Waals surface area contributed by atoms with Crippen molar-refractivity contribution in [1.82, 2.24) is 5.32 Å². The molecule has 2 N–H and O–H groups in total. The average Bonchev–Trinajstić information content (AvgIpc) is 2.31. The third-order valence-corrected chi connectivity index (χ3v) is 3.03. The molecule has 2 unspecified atom stereocenters. The highest BCUT2D eigenvalue weighted by Crippen LogP contribution is 2.19. The van der Waals surface area contributed by atoms with E-state index in [1.807, 2.05) is 0 Å². The molecule has 1 aromatic carbocycles. The Kier molecular flexibility index (Phi) is 3.41. The predicted octanol–water partition coefficient (Wildman–Crippen LogP) is 0.985. The molecule has 0 radical (unpaired) electrons. The average molecular weight is 224 g/mol. The minimum absolute atomic E-state index is 0.0984. The fraction of sp³-hybridized carbons (Fsp3) is 0.500. The largest absolute Gasteiger partial charge is 0.395 e. The topological polar surface area (TPSA) is 35.5 Å². The Labute approximate surface area is 94.9 Å². The quantitative estimate of drug-likeness (QED) is 0.786. The van der Waals surface area contributed by atoms with Crippen LogP contribution in [0.1, 0.15) is 6.92 Å². The van der Waals surface area contributed by atoms with E-state index in [4.69, 9.17) is 5.11 Å². The van der Waals surface area contributed by atoms with Crippen molar-refractivity contribution in [2.45, 2.75) is 19.0 Å². The molecule has 0 amide bonds. The SMILES string of the molecule is CC1CNC(CO)CN1c1ccc(F)cc1. The summed E-state index contributed by atoms with van der Waals surface area (Å²) in [6, 6.07) is 6.96. The van der Waals surface area contributed by atoms with E-state index >= 15 is 0 Å². The Morgan fingerprint density at radius 2 is 2.12 bits per heavy atom. The van der Waals surface area contributed by atoms with Crippen LogP contribution in [0.4, 0.5) is 10.1 Å². The molecule has 0 spiro atoms. The van der Waals surface area contributed by atoms with Crippen LogP contribution < -0.4 is 10.2 Å². The minimum atomic E-state index is -0.217. The van der Waals surface area contributed by atoms with Gasteiger partial charge in [-0.1, -0.05) is 0 Å². The summed E-state index contributed by atoms with van der Waals surface area (Å²) in [5.74, 6) is -0.217. The highest BCUT2D eigenvalue weighted by atomic mass is 19.1. The molecule has 1 aliphatic heterocycles. The molecule has 1 saturated heterocycles. The lowest BCUT2D eigenvalue weighted by Gasteiger charge is -2.39. The number of nitrogens with zero attached hydrogens (tertiary/aromatic N) is 1. The molecule has 1 aliphatic rings. The van der Waals surface area contributed by atoms with E-state index in [2.05, 4.69) is 17.1 Å². The number of nitrogens with one attached hydrogen (secondary N) is 1. The van der Waals surface area contributed by atoms with Crippen molar-refractivity contribution in [3.8, 4) is 0 Å². The van der Waals surface area contributed by atoms with Crippen LogP contribution in [-0.2, 0) is 0 Å². The molecule has 1 fully saturated rings. The molecule has 88 valence electrons. The second kappa shape index (κ2) is 4.80. The lowest BCUT2D eigenvalue weighted by molar-refractivity contribution is 0.227. The van der Waals surface area contributed by atoms with Gasteiger partial charge in [0.25, 0.3) is 0 Å². The van der Waals surface area contributed by atoms with Crippen molar-refractivity contribution >= 4 is 5.69 Å². The van der Waals surface area contributed by atoms with E-state index in [0.29, 0.717) is 6.04 Å². The van der Waals surface area contributed by atoms with Gasteiger partial charge in [0.2, 0.25) is 0 Å². The molecule has 0 aromatic heterocycles. The van der Waals surface area contributed by atoms with Gasteiger partial charge in [0.1, 0.15) is 5.82 Å². The molecule has 0 saturated carbocycles. The number of piperazine rings is 1. The minimum Gasteiger partial charge on any atom is -0.395 e. The number of anilines is 1. The molecule has 16 heavy (non-hydrogen) atoms. The second-order valence-corrected chi connectivity index (χ2v) is 4.27. The van der Waals surface area contributed by atoms with Gasteiger partial charge in [0.05, 0.1) is 6.61 Å². The normalized spacial score (nSPS) is 25.8. The lowest BCUT2D eigenvalue weighted by atomic mass is 10.1. The number of benzene rings is 1. The van der Waals surface area contributed by atoms with Crippen LogP contribution in [-0.4, -0.2) is 36.9 Å². The third-order valence-electron chi connectivity index (χ3n) is 3.03. The molecule has 0 aliphatic carbocycles. The Hall–Kier alpha value is -1.13. The van der Waals surface area contributed by atoms with Crippen LogP contribution in [0.25, 0.3) is 0 Å². The maximum atomic E-state index is 12.8. The van der Waals surface area contributed by atoms with Gasteiger partial charge in [-0.2, -0.15) is 0 Å². The monoisotopic (exact) mass is 224 g/mol. The number of aliphatic hydroxyl groups is 1. The summed E-state index contributed by atoms with van der Waals surface area (Å²) >= 11 is 0. The van der Waals surface area contributed by atoms with Gasteiger partial charge in [0, 0.05) is 30.9 Å². The lowest BCUT2D eigenvalue weighted by Crippen LogP contribution is -2.56. The molecular formula is C12H17FN2O. The molecule has 3 nitrogen and oxygen atoms in total. The van der Waals surface area contributed by atoms with Crippen molar-refractivity contribution < 1.29 is 9.50 Å². The van der Waals surface area contributed by atoms with Gasteiger partial charge in [-0.25, -0.2) is 4.39 Å². The number of hydrogen-bond acceptors (Lipinski definition) is 3. The first-order valence-corrected chi connectivity index (χ1v) is 5.57. The van der Waals surface area contributed by atoms with Crippen LogP contribution in [0.2, 0.25) is 0 Å². The molecule has 4 heteroatoms. The van der Waals surface area contributed by atoms with E-state index in [1.54, 1.807) is 12.1 Å². The summed E-state index contributed by atoms with van der Waals surface area (Å²) in [5, 5.41) is 12.4. The Balaban J connectivity index is 2.14. The van der Waals surface area contributed by atoms with E-state index in [1.165, 1.54) is 12.1 Å². The Morgan fingerprint density at radius 3 is 2.75 bits per heavy atom. The van der Waals surface area contributed by atoms with E-state index in [-0.39, 0.29) is 18.5 Å². The van der Waals surface area contributed by atoms with Gasteiger partial charge >= 0.3 is 0 Å². The molecule has 1 aromatic rings. The number of aliphatic hydroxyl groups excluding tert-OH is 1. The molecule has 2 rings (SSSR count). The fourth-order valence-electron chi connectivity index (χ4n) is 2.04. The van der Waals surface area contributed by atoms with E-state index in [9.17, 15) is 4.39 Å². The van der Waals surface area contributed by atoms with Gasteiger partial charge < -0.3 is 15.3 Å². The highest BCUT2D eigenvalue weighted by Gasteiger charge is 2.24. The summed E-state index contributed by atoms with van der Waals surface area (Å²) in [6.45, 7) is 3.83. The van der Waals surface area contributed by atoms with Gasteiger partial charge in [-0.05, 0) is 31.2 Å². The van der Waals surface area contributed by atoms with Gasteiger partial charge in [-0.3, -0.25) is 0 Å². The zero-order chi connectivity index (χ0) is 11.5. The van der Waals surface area contributed by atoms with Crippen LogP contribution in [0.5, 0.6) is 0 Å². The third kappa shape index (κ3) is 2.33. The predicted molar refractivity (Wildman–Crippen MR) is 62.1 cm³/mol. The summed E-state index contributed by atoms with van der Waals surface area (Å²) in [4.78, 5) is 2.19. The van der Waals surface area contributed by atoms with Crippen LogP contribution in [0.15, 0.2) is 24.3 Å². The summed E-state index contributed by atoms with van der Waals surface area (Å²) < 4.78 is 12.8. The van der Waals surface area contributed by atoms with Crippen molar-refractivity contribution in [1.29, 1.82) is 0 Å². The van der Waals surface area contributed by atoms with E-state index < -0.39 is 0 Å². The molecule has 2 atom stereocenters. The first-order valence-electron chi connectivity index (χ1n) is 5.57. The number of hydrogen-bond donors (Lipinski definition) is 2. The van der Waals surface area contributed by atoms with Crippen LogP contribution >= 0.6 is 0 Å². The van der Waals surface area contributed by atoms with E-state index in [0.717, 1.165) is 18.8 Å². The summed E-state index contributed by atoms with van der Waals surface area (Å²) in [6.07, 6.45) is 0. The van der Waals surface area contributed by atoms with Crippen LogP contribution in [0.3, 0.4) is 0 Å². The zero-order valence-corrected chi connectivity index (χ0v) is 9.36. The van der Waals surface area contributed by atoms with Crippen molar-refractivity contribution in [2.24, 2.45) is 0 Å².